The maximum absolute atomic E-state index is 12.8. The number of carboxylic acids is 1. The topological polar surface area (TPSA) is 69.6 Å². The fourth-order valence-corrected chi connectivity index (χ4v) is 3.50. The first-order valence-corrected chi connectivity index (χ1v) is 9.36. The molecule has 2 rings (SSSR count). The number of hydrogen-bond donors (Lipinski definition) is 2. The number of benzene rings is 1. The Labute approximate surface area is 150 Å². The predicted octanol–water partition coefficient (Wildman–Crippen LogP) is 2.84. The van der Waals surface area contributed by atoms with Gasteiger partial charge >= 0.3 is 5.97 Å². The molecule has 1 aromatic carbocycles. The van der Waals surface area contributed by atoms with Gasteiger partial charge in [0, 0.05) is 12.6 Å². The van der Waals surface area contributed by atoms with E-state index in [1.54, 1.807) is 0 Å². The van der Waals surface area contributed by atoms with Crippen LogP contribution in [0.1, 0.15) is 51.5 Å². The summed E-state index contributed by atoms with van der Waals surface area (Å²) in [5.74, 6) is -0.836. The van der Waals surface area contributed by atoms with Crippen LogP contribution < -0.4 is 5.32 Å². The van der Waals surface area contributed by atoms with Gasteiger partial charge in [0.15, 0.2) is 0 Å². The molecule has 0 aromatic heterocycles. The quantitative estimate of drug-likeness (QED) is 0.721. The maximum atomic E-state index is 12.8. The number of hydrogen-bond acceptors (Lipinski definition) is 3. The van der Waals surface area contributed by atoms with Gasteiger partial charge in [-0.3, -0.25) is 14.9 Å². The van der Waals surface area contributed by atoms with Gasteiger partial charge in [0.05, 0.1) is 6.04 Å². The van der Waals surface area contributed by atoms with Crippen molar-refractivity contribution in [2.45, 2.75) is 70.5 Å². The lowest BCUT2D eigenvalue weighted by atomic mass is 10.0. The third-order valence-electron chi connectivity index (χ3n) is 4.98. The molecule has 1 aliphatic heterocycles. The first-order valence-electron chi connectivity index (χ1n) is 9.36. The highest BCUT2D eigenvalue weighted by atomic mass is 16.4. The Bertz CT molecular complexity index is 561. The molecular formula is C20H30N2O3. The molecule has 5 heteroatoms. The lowest BCUT2D eigenvalue weighted by Gasteiger charge is -2.29. The Morgan fingerprint density at radius 2 is 1.96 bits per heavy atom. The first kappa shape index (κ1) is 19.4. The average molecular weight is 346 g/mol. The molecule has 1 heterocycles. The SMILES string of the molecule is CCCC(NC(CCc1ccccc1)C(=O)O)C(=O)N1CCCC1C. The van der Waals surface area contributed by atoms with E-state index in [0.717, 1.165) is 31.4 Å². The van der Waals surface area contributed by atoms with E-state index in [-0.39, 0.29) is 11.9 Å². The lowest BCUT2D eigenvalue weighted by molar-refractivity contribution is -0.141. The minimum Gasteiger partial charge on any atom is -0.480 e. The van der Waals surface area contributed by atoms with Crippen LogP contribution in [-0.4, -0.2) is 46.6 Å². The molecule has 0 spiro atoms. The highest BCUT2D eigenvalue weighted by molar-refractivity contribution is 5.83. The molecule has 0 bridgehead atoms. The third kappa shape index (κ3) is 5.56. The number of likely N-dealkylation sites (tertiary alicyclic amines) is 1. The number of rotatable bonds is 9. The number of aliphatic carboxylic acids is 1. The van der Waals surface area contributed by atoms with Crippen molar-refractivity contribution < 1.29 is 14.7 Å². The van der Waals surface area contributed by atoms with Gasteiger partial charge in [0.25, 0.3) is 0 Å². The molecule has 3 atom stereocenters. The van der Waals surface area contributed by atoms with Crippen molar-refractivity contribution in [3.8, 4) is 0 Å². The number of nitrogens with zero attached hydrogens (tertiary/aromatic N) is 1. The monoisotopic (exact) mass is 346 g/mol. The number of carbonyl (C=O) groups is 2. The maximum Gasteiger partial charge on any atom is 0.320 e. The van der Waals surface area contributed by atoms with Gasteiger partial charge in [-0.05, 0) is 44.6 Å². The Morgan fingerprint density at radius 3 is 2.52 bits per heavy atom. The van der Waals surface area contributed by atoms with E-state index in [1.165, 1.54) is 0 Å². The fraction of sp³-hybridized carbons (Fsp3) is 0.600. The number of nitrogens with one attached hydrogen (secondary N) is 1. The van der Waals surface area contributed by atoms with Crippen molar-refractivity contribution in [2.24, 2.45) is 0 Å². The van der Waals surface area contributed by atoms with Gasteiger partial charge in [-0.1, -0.05) is 43.7 Å². The van der Waals surface area contributed by atoms with E-state index in [0.29, 0.717) is 19.3 Å². The van der Waals surface area contributed by atoms with Crippen molar-refractivity contribution in [3.05, 3.63) is 35.9 Å². The smallest absolute Gasteiger partial charge is 0.320 e. The van der Waals surface area contributed by atoms with Gasteiger partial charge in [0.1, 0.15) is 6.04 Å². The molecule has 5 nitrogen and oxygen atoms in total. The van der Waals surface area contributed by atoms with Crippen LogP contribution in [0.5, 0.6) is 0 Å². The highest BCUT2D eigenvalue weighted by Crippen LogP contribution is 2.19. The molecule has 1 fully saturated rings. The predicted molar refractivity (Wildman–Crippen MR) is 98.4 cm³/mol. The van der Waals surface area contributed by atoms with Crippen LogP contribution in [0.4, 0.5) is 0 Å². The van der Waals surface area contributed by atoms with Gasteiger partial charge in [-0.25, -0.2) is 0 Å². The summed E-state index contributed by atoms with van der Waals surface area (Å²) in [5.41, 5.74) is 1.11. The van der Waals surface area contributed by atoms with Crippen LogP contribution >= 0.6 is 0 Å². The molecule has 1 aromatic rings. The van der Waals surface area contributed by atoms with Crippen LogP contribution in [0.3, 0.4) is 0 Å². The molecule has 1 aliphatic rings. The Balaban J connectivity index is 2.00. The van der Waals surface area contributed by atoms with Crippen molar-refractivity contribution in [1.82, 2.24) is 10.2 Å². The third-order valence-corrected chi connectivity index (χ3v) is 4.98. The van der Waals surface area contributed by atoms with Crippen LogP contribution in [0, 0.1) is 0 Å². The molecule has 138 valence electrons. The molecule has 0 saturated carbocycles. The zero-order valence-electron chi connectivity index (χ0n) is 15.3. The largest absolute Gasteiger partial charge is 0.480 e. The van der Waals surface area contributed by atoms with Gasteiger partial charge in [-0.15, -0.1) is 0 Å². The first-order chi connectivity index (χ1) is 12.0. The van der Waals surface area contributed by atoms with E-state index in [2.05, 4.69) is 12.2 Å². The minimum absolute atomic E-state index is 0.0535. The van der Waals surface area contributed by atoms with Crippen LogP contribution in [0.2, 0.25) is 0 Å². The summed E-state index contributed by atoms with van der Waals surface area (Å²) in [6.45, 7) is 4.87. The number of aryl methyl sites for hydroxylation is 1. The molecular weight excluding hydrogens is 316 g/mol. The normalized spacial score (nSPS) is 19.6. The second-order valence-electron chi connectivity index (χ2n) is 6.95. The van der Waals surface area contributed by atoms with Crippen molar-refractivity contribution >= 4 is 11.9 Å². The minimum atomic E-state index is -0.890. The molecule has 0 radical (unpaired) electrons. The average Bonchev–Trinajstić information content (AvgIpc) is 3.03. The summed E-state index contributed by atoms with van der Waals surface area (Å²) >= 11 is 0. The molecule has 3 unspecified atom stereocenters. The molecule has 1 saturated heterocycles. The second-order valence-corrected chi connectivity index (χ2v) is 6.95. The Hall–Kier alpha value is -1.88. The van der Waals surface area contributed by atoms with Crippen LogP contribution in [0.15, 0.2) is 30.3 Å². The number of carboxylic acid groups (broad SMARTS) is 1. The molecule has 2 N–H and O–H groups in total. The van der Waals surface area contributed by atoms with E-state index in [1.807, 2.05) is 42.2 Å². The Morgan fingerprint density at radius 1 is 1.24 bits per heavy atom. The fourth-order valence-electron chi connectivity index (χ4n) is 3.50. The molecule has 0 aliphatic carbocycles. The second kappa shape index (κ2) is 9.56. The number of carbonyl (C=O) groups excluding carboxylic acids is 1. The van der Waals surface area contributed by atoms with E-state index in [9.17, 15) is 14.7 Å². The highest BCUT2D eigenvalue weighted by Gasteiger charge is 2.32. The van der Waals surface area contributed by atoms with E-state index >= 15 is 0 Å². The summed E-state index contributed by atoms with van der Waals surface area (Å²) in [6, 6.07) is 8.98. The van der Waals surface area contributed by atoms with Gasteiger partial charge in [0.2, 0.25) is 5.91 Å². The van der Waals surface area contributed by atoms with Crippen molar-refractivity contribution in [3.63, 3.8) is 0 Å². The van der Waals surface area contributed by atoms with E-state index < -0.39 is 18.1 Å². The summed E-state index contributed by atoms with van der Waals surface area (Å²) in [6.07, 6.45) is 4.72. The Kier molecular flexibility index (Phi) is 7.44. The summed E-state index contributed by atoms with van der Waals surface area (Å²) < 4.78 is 0. The van der Waals surface area contributed by atoms with Gasteiger partial charge in [-0.2, -0.15) is 0 Å². The van der Waals surface area contributed by atoms with Crippen LogP contribution in [-0.2, 0) is 16.0 Å². The summed E-state index contributed by atoms with van der Waals surface area (Å²) in [5, 5.41) is 12.7. The van der Waals surface area contributed by atoms with Crippen LogP contribution in [0.25, 0.3) is 0 Å². The summed E-state index contributed by atoms with van der Waals surface area (Å²) in [4.78, 5) is 26.4. The molecule has 25 heavy (non-hydrogen) atoms. The standard InChI is InChI=1S/C20H30N2O3/c1-3-8-17(19(23)22-14-7-9-15(22)2)21-18(20(24)25)13-12-16-10-5-4-6-11-16/h4-6,10-11,15,17-18,21H,3,7-9,12-14H2,1-2H3,(H,24,25). The zero-order valence-corrected chi connectivity index (χ0v) is 15.3. The van der Waals surface area contributed by atoms with E-state index in [4.69, 9.17) is 0 Å². The number of amides is 1. The summed E-state index contributed by atoms with van der Waals surface area (Å²) in [7, 11) is 0. The van der Waals surface area contributed by atoms with Gasteiger partial charge < -0.3 is 10.0 Å². The van der Waals surface area contributed by atoms with Crippen molar-refractivity contribution in [1.29, 1.82) is 0 Å². The zero-order chi connectivity index (χ0) is 18.2. The molecule has 1 amide bonds. The van der Waals surface area contributed by atoms with Crippen molar-refractivity contribution in [2.75, 3.05) is 6.54 Å². The lowest BCUT2D eigenvalue weighted by Crippen LogP contribution is -2.52.